The molecule has 0 saturated heterocycles. The standard InChI is InChI=1S/C12H19BrN2/c1-3-12(15-9(2)8-14)10-4-6-11(13)7-5-10/h4-7,9,12,15H,3,8,14H2,1-2H3. The minimum absolute atomic E-state index is 0.360. The Morgan fingerprint density at radius 3 is 2.40 bits per heavy atom. The van der Waals surface area contributed by atoms with E-state index in [9.17, 15) is 0 Å². The van der Waals surface area contributed by atoms with Crippen LogP contribution in [0.2, 0.25) is 0 Å². The normalized spacial score (nSPS) is 14.9. The Bertz CT molecular complexity index is 284. The Balaban J connectivity index is 2.69. The van der Waals surface area contributed by atoms with Crippen LogP contribution in [0, 0.1) is 0 Å². The second-order valence-corrected chi connectivity index (χ2v) is 4.73. The molecular weight excluding hydrogens is 252 g/mol. The third kappa shape index (κ3) is 3.93. The SMILES string of the molecule is CCC(NC(C)CN)c1ccc(Br)cc1. The monoisotopic (exact) mass is 270 g/mol. The van der Waals surface area contributed by atoms with Gasteiger partial charge in [0.1, 0.15) is 0 Å². The first-order valence-corrected chi connectivity index (χ1v) is 6.18. The largest absolute Gasteiger partial charge is 0.329 e. The Kier molecular flexibility index (Phi) is 5.29. The van der Waals surface area contributed by atoms with E-state index in [4.69, 9.17) is 5.73 Å². The van der Waals surface area contributed by atoms with E-state index in [-0.39, 0.29) is 0 Å². The average Bonchev–Trinajstić information content (AvgIpc) is 2.27. The van der Waals surface area contributed by atoms with Crippen molar-refractivity contribution in [3.63, 3.8) is 0 Å². The topological polar surface area (TPSA) is 38.0 Å². The van der Waals surface area contributed by atoms with Gasteiger partial charge in [-0.3, -0.25) is 0 Å². The van der Waals surface area contributed by atoms with Gasteiger partial charge >= 0.3 is 0 Å². The second kappa shape index (κ2) is 6.26. The number of hydrogen-bond donors (Lipinski definition) is 2. The van der Waals surface area contributed by atoms with Crippen LogP contribution in [-0.4, -0.2) is 12.6 Å². The zero-order chi connectivity index (χ0) is 11.3. The molecule has 0 amide bonds. The number of nitrogens with two attached hydrogens (primary N) is 1. The molecule has 0 bridgehead atoms. The highest BCUT2D eigenvalue weighted by molar-refractivity contribution is 9.10. The highest BCUT2D eigenvalue weighted by atomic mass is 79.9. The number of nitrogens with one attached hydrogen (secondary N) is 1. The van der Waals surface area contributed by atoms with Crippen LogP contribution >= 0.6 is 15.9 Å². The molecular formula is C12H19BrN2. The Morgan fingerprint density at radius 1 is 1.33 bits per heavy atom. The lowest BCUT2D eigenvalue weighted by Gasteiger charge is -2.21. The van der Waals surface area contributed by atoms with Gasteiger partial charge in [-0.2, -0.15) is 0 Å². The molecule has 2 nitrogen and oxygen atoms in total. The van der Waals surface area contributed by atoms with Crippen molar-refractivity contribution < 1.29 is 0 Å². The number of rotatable bonds is 5. The predicted molar refractivity (Wildman–Crippen MR) is 68.8 cm³/mol. The number of hydrogen-bond acceptors (Lipinski definition) is 2. The Labute approximate surface area is 100 Å². The van der Waals surface area contributed by atoms with Gasteiger partial charge in [-0.1, -0.05) is 35.0 Å². The van der Waals surface area contributed by atoms with Gasteiger partial charge in [0.15, 0.2) is 0 Å². The fraction of sp³-hybridized carbons (Fsp3) is 0.500. The molecule has 0 spiro atoms. The molecule has 0 saturated carbocycles. The Morgan fingerprint density at radius 2 is 1.93 bits per heavy atom. The van der Waals surface area contributed by atoms with Crippen molar-refractivity contribution in [1.29, 1.82) is 0 Å². The zero-order valence-electron chi connectivity index (χ0n) is 9.33. The van der Waals surface area contributed by atoms with Crippen LogP contribution in [-0.2, 0) is 0 Å². The van der Waals surface area contributed by atoms with Crippen LogP contribution < -0.4 is 11.1 Å². The molecule has 0 aromatic heterocycles. The summed E-state index contributed by atoms with van der Waals surface area (Å²) < 4.78 is 1.12. The highest BCUT2D eigenvalue weighted by Gasteiger charge is 2.10. The third-order valence-corrected chi connectivity index (χ3v) is 3.05. The summed E-state index contributed by atoms with van der Waals surface area (Å²) in [6, 6.07) is 9.21. The molecule has 3 heteroatoms. The van der Waals surface area contributed by atoms with E-state index in [0.717, 1.165) is 10.9 Å². The summed E-state index contributed by atoms with van der Waals surface area (Å²) in [5.74, 6) is 0. The molecule has 2 unspecified atom stereocenters. The molecule has 3 N–H and O–H groups in total. The summed E-state index contributed by atoms with van der Waals surface area (Å²) >= 11 is 3.44. The predicted octanol–water partition coefficient (Wildman–Crippen LogP) is 2.84. The van der Waals surface area contributed by atoms with Crippen LogP contribution in [0.3, 0.4) is 0 Å². The third-order valence-electron chi connectivity index (χ3n) is 2.52. The Hall–Kier alpha value is -0.380. The van der Waals surface area contributed by atoms with Gasteiger partial charge in [0.2, 0.25) is 0 Å². The summed E-state index contributed by atoms with van der Waals surface area (Å²) in [6.45, 7) is 4.97. The van der Waals surface area contributed by atoms with Crippen molar-refractivity contribution in [2.24, 2.45) is 5.73 Å². The fourth-order valence-electron chi connectivity index (χ4n) is 1.56. The molecule has 0 aliphatic heterocycles. The fourth-order valence-corrected chi connectivity index (χ4v) is 1.82. The summed E-state index contributed by atoms with van der Waals surface area (Å²) in [6.07, 6.45) is 1.08. The van der Waals surface area contributed by atoms with Gasteiger partial charge < -0.3 is 11.1 Å². The van der Waals surface area contributed by atoms with E-state index in [0.29, 0.717) is 18.6 Å². The first-order valence-electron chi connectivity index (χ1n) is 5.39. The molecule has 2 atom stereocenters. The molecule has 0 radical (unpaired) electrons. The van der Waals surface area contributed by atoms with Crippen molar-refractivity contribution in [2.75, 3.05) is 6.54 Å². The van der Waals surface area contributed by atoms with E-state index >= 15 is 0 Å². The summed E-state index contributed by atoms with van der Waals surface area (Å²) in [5, 5.41) is 3.51. The van der Waals surface area contributed by atoms with Crippen LogP contribution in [0.1, 0.15) is 31.9 Å². The van der Waals surface area contributed by atoms with E-state index in [2.05, 4.69) is 59.4 Å². The number of halogens is 1. The molecule has 1 rings (SSSR count). The van der Waals surface area contributed by atoms with Gasteiger partial charge in [0.25, 0.3) is 0 Å². The van der Waals surface area contributed by atoms with Crippen LogP contribution in [0.25, 0.3) is 0 Å². The molecule has 1 aromatic rings. The van der Waals surface area contributed by atoms with Gasteiger partial charge in [-0.05, 0) is 31.0 Å². The first kappa shape index (κ1) is 12.7. The minimum Gasteiger partial charge on any atom is -0.329 e. The first-order chi connectivity index (χ1) is 7.17. The van der Waals surface area contributed by atoms with Crippen molar-refractivity contribution in [2.45, 2.75) is 32.4 Å². The number of benzene rings is 1. The summed E-state index contributed by atoms with van der Waals surface area (Å²) in [7, 11) is 0. The highest BCUT2D eigenvalue weighted by Crippen LogP contribution is 2.19. The average molecular weight is 271 g/mol. The lowest BCUT2D eigenvalue weighted by molar-refractivity contribution is 0.450. The van der Waals surface area contributed by atoms with E-state index in [1.165, 1.54) is 5.56 Å². The van der Waals surface area contributed by atoms with Gasteiger partial charge in [-0.25, -0.2) is 0 Å². The molecule has 15 heavy (non-hydrogen) atoms. The van der Waals surface area contributed by atoms with Crippen molar-refractivity contribution in [1.82, 2.24) is 5.32 Å². The van der Waals surface area contributed by atoms with E-state index in [1.807, 2.05) is 0 Å². The molecule has 0 heterocycles. The lowest BCUT2D eigenvalue weighted by Crippen LogP contribution is -2.35. The smallest absolute Gasteiger partial charge is 0.0320 e. The molecule has 0 fully saturated rings. The maximum Gasteiger partial charge on any atom is 0.0320 e. The molecule has 0 aliphatic carbocycles. The van der Waals surface area contributed by atoms with E-state index in [1.54, 1.807) is 0 Å². The van der Waals surface area contributed by atoms with Crippen LogP contribution in [0.4, 0.5) is 0 Å². The van der Waals surface area contributed by atoms with E-state index < -0.39 is 0 Å². The lowest BCUT2D eigenvalue weighted by atomic mass is 10.0. The molecule has 1 aromatic carbocycles. The molecule has 0 aliphatic rings. The van der Waals surface area contributed by atoms with Crippen LogP contribution in [0.15, 0.2) is 28.7 Å². The van der Waals surface area contributed by atoms with Crippen molar-refractivity contribution >= 4 is 15.9 Å². The zero-order valence-corrected chi connectivity index (χ0v) is 10.9. The maximum atomic E-state index is 5.61. The van der Waals surface area contributed by atoms with Crippen molar-refractivity contribution in [3.8, 4) is 0 Å². The van der Waals surface area contributed by atoms with Crippen LogP contribution in [0.5, 0.6) is 0 Å². The minimum atomic E-state index is 0.360. The van der Waals surface area contributed by atoms with Gasteiger partial charge in [-0.15, -0.1) is 0 Å². The van der Waals surface area contributed by atoms with Gasteiger partial charge in [0, 0.05) is 23.1 Å². The molecule has 84 valence electrons. The maximum absolute atomic E-state index is 5.61. The quantitative estimate of drug-likeness (QED) is 0.864. The van der Waals surface area contributed by atoms with Gasteiger partial charge in [0.05, 0.1) is 0 Å². The summed E-state index contributed by atoms with van der Waals surface area (Å²) in [4.78, 5) is 0. The van der Waals surface area contributed by atoms with Crippen molar-refractivity contribution in [3.05, 3.63) is 34.3 Å². The summed E-state index contributed by atoms with van der Waals surface area (Å²) in [5.41, 5.74) is 6.93. The second-order valence-electron chi connectivity index (χ2n) is 3.82.